The van der Waals surface area contributed by atoms with E-state index in [9.17, 15) is 24.3 Å². The van der Waals surface area contributed by atoms with E-state index in [1.165, 1.54) is 14.0 Å². The van der Waals surface area contributed by atoms with Gasteiger partial charge in [0.15, 0.2) is 17.7 Å². The van der Waals surface area contributed by atoms with Crippen LogP contribution in [0.4, 0.5) is 4.79 Å². The van der Waals surface area contributed by atoms with Gasteiger partial charge >= 0.3 is 12.1 Å². The van der Waals surface area contributed by atoms with Crippen LogP contribution >= 0.6 is 0 Å². The molecule has 0 aromatic rings. The molecule has 3 rings (SSSR count). The molecule has 12 heteroatoms. The van der Waals surface area contributed by atoms with E-state index in [4.69, 9.17) is 23.7 Å². The van der Waals surface area contributed by atoms with E-state index in [0.29, 0.717) is 6.42 Å². The number of hydrogen-bond acceptors (Lipinski definition) is 11. The van der Waals surface area contributed by atoms with Crippen molar-refractivity contribution < 1.29 is 48.0 Å². The Morgan fingerprint density at radius 1 is 1.02 bits per heavy atom. The van der Waals surface area contributed by atoms with Gasteiger partial charge in [-0.1, -0.05) is 48.5 Å². The molecule has 0 bridgehead atoms. The van der Waals surface area contributed by atoms with Gasteiger partial charge in [0.1, 0.15) is 23.9 Å². The summed E-state index contributed by atoms with van der Waals surface area (Å²) in [5, 5.41) is 14.4. The summed E-state index contributed by atoms with van der Waals surface area (Å²) < 4.78 is 30.5. The van der Waals surface area contributed by atoms with Crippen LogP contribution in [0, 0.1) is 29.1 Å². The first-order valence-corrected chi connectivity index (χ1v) is 17.6. The van der Waals surface area contributed by atoms with Gasteiger partial charge in [0.05, 0.1) is 23.9 Å². The molecule has 1 amide bonds. The minimum absolute atomic E-state index is 0.114. The number of cyclic esters (lactones) is 1. The van der Waals surface area contributed by atoms with Crippen LogP contribution in [0.1, 0.15) is 102 Å². The monoisotopic (exact) mass is 682 g/mol. The Kier molecular flexibility index (Phi) is 12.9. The molecule has 3 heterocycles. The lowest BCUT2D eigenvalue weighted by Gasteiger charge is -2.47. The number of Topliss-reactive ketones (excluding diaryl/α,β-unsaturated/α-hetero) is 2. The van der Waals surface area contributed by atoms with Gasteiger partial charge in [-0.2, -0.15) is 0 Å². The van der Waals surface area contributed by atoms with E-state index >= 15 is 0 Å². The maximum Gasteiger partial charge on any atom is 0.408 e. The molecule has 3 aliphatic rings. The van der Waals surface area contributed by atoms with Gasteiger partial charge in [-0.25, -0.2) is 4.79 Å². The van der Waals surface area contributed by atoms with Crippen LogP contribution in [-0.4, -0.2) is 108 Å². The molecule has 13 atom stereocenters. The molecule has 0 aliphatic carbocycles. The Morgan fingerprint density at radius 3 is 2.21 bits per heavy atom. The van der Waals surface area contributed by atoms with Gasteiger partial charge < -0.3 is 39.0 Å². The zero-order chi connectivity index (χ0) is 36.5. The summed E-state index contributed by atoms with van der Waals surface area (Å²) in [5.74, 6) is -4.82. The van der Waals surface area contributed by atoms with Crippen LogP contribution in [0.3, 0.4) is 0 Å². The Morgan fingerprint density at radius 2 is 1.65 bits per heavy atom. The normalized spacial score (nSPS) is 42.1. The van der Waals surface area contributed by atoms with Gasteiger partial charge in [-0.3, -0.25) is 14.4 Å². The SMILES string of the molecule is CC[C@H]1OC(=O)[C@H](C)C(=O)[C@H](C)[C@@H](O[C@@H]2O[C@H](C)C[C@H](N(C)CCC(C)(C)C)[C@H]2O)[C@](C)(OC)C[C@@H](C)C(=O)[C@H](C)[C@H]2NC(=O)O[C@@]21C. The van der Waals surface area contributed by atoms with E-state index in [2.05, 4.69) is 31.0 Å². The average Bonchev–Trinajstić information content (AvgIpc) is 3.33. The molecule has 2 N–H and O–H groups in total. The molecule has 0 aromatic carbocycles. The summed E-state index contributed by atoms with van der Waals surface area (Å²) in [7, 11) is 3.47. The van der Waals surface area contributed by atoms with Crippen LogP contribution in [0.2, 0.25) is 0 Å². The molecular formula is C36H62N2O10. The lowest BCUT2D eigenvalue weighted by Crippen LogP contribution is -2.60. The second-order valence-electron chi connectivity index (χ2n) is 16.2. The molecule has 0 saturated carbocycles. The highest BCUT2D eigenvalue weighted by Crippen LogP contribution is 2.40. The highest BCUT2D eigenvalue weighted by molar-refractivity contribution is 6.00. The molecular weight excluding hydrogens is 620 g/mol. The largest absolute Gasteiger partial charge is 0.458 e. The van der Waals surface area contributed by atoms with E-state index in [1.807, 2.05) is 14.0 Å². The predicted octanol–water partition coefficient (Wildman–Crippen LogP) is 4.28. The average molecular weight is 683 g/mol. The summed E-state index contributed by atoms with van der Waals surface area (Å²) >= 11 is 0. The van der Waals surface area contributed by atoms with E-state index < -0.39 is 83.4 Å². The van der Waals surface area contributed by atoms with Crippen molar-refractivity contribution in [1.29, 1.82) is 0 Å². The van der Waals surface area contributed by atoms with Gasteiger partial charge in [0.25, 0.3) is 0 Å². The summed E-state index contributed by atoms with van der Waals surface area (Å²) in [5.41, 5.74) is -2.46. The number of nitrogens with zero attached hydrogens (tertiary/aromatic N) is 1. The van der Waals surface area contributed by atoms with Gasteiger partial charge in [-0.05, 0) is 72.4 Å². The lowest BCUT2D eigenvalue weighted by atomic mass is 9.73. The number of alkyl carbamates (subject to hydrolysis) is 1. The van der Waals surface area contributed by atoms with Crippen LogP contribution in [0.5, 0.6) is 0 Å². The number of esters is 1. The Hall–Kier alpha value is -2.12. The quantitative estimate of drug-likeness (QED) is 0.293. The second kappa shape index (κ2) is 15.4. The van der Waals surface area contributed by atoms with Crippen LogP contribution in [-0.2, 0) is 38.1 Å². The van der Waals surface area contributed by atoms with Crippen molar-refractivity contribution in [2.24, 2.45) is 29.1 Å². The van der Waals surface area contributed by atoms with E-state index in [0.717, 1.165) is 13.0 Å². The van der Waals surface area contributed by atoms with Gasteiger partial charge in [-0.15, -0.1) is 0 Å². The standard InChI is InChI=1S/C36H62N2O10/c1-14-25-36(11)29(37-33(43)48-36)21(4)26(39)19(2)18-35(10,44-13)30(22(5)27(40)23(6)31(42)46-25)47-32-28(41)24(17-20(3)45-32)38(12)16-15-34(7,8)9/h19-25,28-30,32,41H,14-18H2,1-13H3,(H,37,43)/t19-,20-,21+,22+,23-,24+,25-,28-,29-,30-,32+,35-,36-/m1/s1. The number of aliphatic hydroxyl groups is 1. The number of fused-ring (bicyclic) bond motifs is 1. The number of methoxy groups -OCH3 is 1. The third-order valence-corrected chi connectivity index (χ3v) is 11.0. The summed E-state index contributed by atoms with van der Waals surface area (Å²) in [6.07, 6.45) is -3.09. The predicted molar refractivity (Wildman–Crippen MR) is 179 cm³/mol. The number of amides is 1. The number of carbonyl (C=O) groups excluding carboxylic acids is 4. The van der Waals surface area contributed by atoms with Crippen molar-refractivity contribution in [2.75, 3.05) is 20.7 Å². The molecule has 276 valence electrons. The topological polar surface area (TPSA) is 150 Å². The minimum atomic E-state index is -1.34. The smallest absolute Gasteiger partial charge is 0.408 e. The van der Waals surface area contributed by atoms with E-state index in [1.54, 1.807) is 41.5 Å². The van der Waals surface area contributed by atoms with Crippen molar-refractivity contribution >= 4 is 23.6 Å². The molecule has 48 heavy (non-hydrogen) atoms. The Balaban J connectivity index is 2.04. The van der Waals surface area contributed by atoms with Crippen LogP contribution in [0.25, 0.3) is 0 Å². The first-order valence-electron chi connectivity index (χ1n) is 17.6. The number of ether oxygens (including phenoxy) is 5. The van der Waals surface area contributed by atoms with E-state index in [-0.39, 0.29) is 36.2 Å². The summed E-state index contributed by atoms with van der Waals surface area (Å²) in [4.78, 5) is 56.4. The maximum atomic E-state index is 14.1. The maximum absolute atomic E-state index is 14.1. The lowest BCUT2D eigenvalue weighted by molar-refractivity contribution is -0.296. The second-order valence-corrected chi connectivity index (χ2v) is 16.2. The molecule has 0 radical (unpaired) electrons. The number of ketones is 2. The van der Waals surface area contributed by atoms with Crippen molar-refractivity contribution in [2.45, 2.75) is 156 Å². The van der Waals surface area contributed by atoms with Gasteiger partial charge in [0, 0.05) is 30.9 Å². The number of aliphatic hydroxyl groups excluding tert-OH is 1. The number of likely N-dealkylation sites (N-methyl/N-ethyl adjacent to an activating group) is 1. The van der Waals surface area contributed by atoms with Crippen LogP contribution in [0.15, 0.2) is 0 Å². The first-order chi connectivity index (χ1) is 22.1. The highest BCUT2D eigenvalue weighted by Gasteiger charge is 2.57. The number of rotatable bonds is 7. The fourth-order valence-corrected chi connectivity index (χ4v) is 7.79. The molecule has 0 aromatic heterocycles. The number of hydrogen-bond donors (Lipinski definition) is 2. The summed E-state index contributed by atoms with van der Waals surface area (Å²) in [6.45, 7) is 21.1. The molecule has 3 saturated heterocycles. The third-order valence-electron chi connectivity index (χ3n) is 11.0. The molecule has 0 unspecified atom stereocenters. The van der Waals surface area contributed by atoms with Crippen molar-refractivity contribution in [3.05, 3.63) is 0 Å². The Bertz CT molecular complexity index is 1170. The molecule has 0 spiro atoms. The fraction of sp³-hybridized carbons (Fsp3) is 0.889. The zero-order valence-corrected chi connectivity index (χ0v) is 31.5. The zero-order valence-electron chi connectivity index (χ0n) is 31.5. The highest BCUT2D eigenvalue weighted by atomic mass is 16.7. The molecule has 3 aliphatic heterocycles. The van der Waals surface area contributed by atoms with Crippen molar-refractivity contribution in [1.82, 2.24) is 10.2 Å². The van der Waals surface area contributed by atoms with Crippen LogP contribution < -0.4 is 5.32 Å². The van der Waals surface area contributed by atoms with Crippen molar-refractivity contribution in [3.8, 4) is 0 Å². The number of nitrogens with one attached hydrogen (secondary N) is 1. The van der Waals surface area contributed by atoms with Gasteiger partial charge in [0.2, 0.25) is 0 Å². The fourth-order valence-electron chi connectivity index (χ4n) is 7.79. The number of carbonyl (C=O) groups is 4. The first kappa shape index (κ1) is 40.3. The molecule has 3 fully saturated rings. The van der Waals surface area contributed by atoms with Crippen molar-refractivity contribution in [3.63, 3.8) is 0 Å². The summed E-state index contributed by atoms with van der Waals surface area (Å²) in [6, 6.07) is -1.05. The molecule has 12 nitrogen and oxygen atoms in total. The minimum Gasteiger partial charge on any atom is -0.458 e. The third kappa shape index (κ3) is 8.60. The Labute approximate surface area is 287 Å².